The molecule has 4 aliphatic rings. The maximum absolute atomic E-state index is 13.7. The van der Waals surface area contributed by atoms with E-state index in [1.54, 1.807) is 6.20 Å². The second-order valence-corrected chi connectivity index (χ2v) is 11.1. The SMILES string of the molecule is CC1=CC(C(=O)N(C2CC2)C2CCC(N)/C(=C\NC(=O)OCC3CC=CCC3)C2)CC=C1OC(C)C. The number of rotatable bonds is 8. The second-order valence-electron chi connectivity index (χ2n) is 11.1. The van der Waals surface area contributed by atoms with Gasteiger partial charge in [-0.05, 0) is 102 Å². The number of nitrogens with two attached hydrogens (primary N) is 1. The molecule has 0 heterocycles. The Morgan fingerprint density at radius 1 is 1.14 bits per heavy atom. The molecule has 7 heteroatoms. The van der Waals surface area contributed by atoms with E-state index in [2.05, 4.69) is 34.5 Å². The van der Waals surface area contributed by atoms with Crippen LogP contribution < -0.4 is 11.1 Å². The molecule has 0 bridgehead atoms. The van der Waals surface area contributed by atoms with E-state index in [-0.39, 0.29) is 30.0 Å². The highest BCUT2D eigenvalue weighted by Gasteiger charge is 2.41. The maximum Gasteiger partial charge on any atom is 0.411 e. The van der Waals surface area contributed by atoms with Crippen LogP contribution >= 0.6 is 0 Å². The van der Waals surface area contributed by atoms with Crippen LogP contribution in [0.5, 0.6) is 0 Å². The van der Waals surface area contributed by atoms with Crippen molar-refractivity contribution in [3.05, 3.63) is 47.4 Å². The molecule has 36 heavy (non-hydrogen) atoms. The third-order valence-corrected chi connectivity index (χ3v) is 7.63. The molecule has 2 amide bonds. The van der Waals surface area contributed by atoms with Gasteiger partial charge in [-0.3, -0.25) is 10.1 Å². The first kappa shape index (κ1) is 26.5. The number of nitrogens with zero attached hydrogens (tertiary/aromatic N) is 1. The average Bonchev–Trinajstić information content (AvgIpc) is 3.69. The van der Waals surface area contributed by atoms with E-state index in [4.69, 9.17) is 15.2 Å². The van der Waals surface area contributed by atoms with Crippen molar-refractivity contribution in [2.24, 2.45) is 17.6 Å². The Hall–Kier alpha value is -2.54. The fourth-order valence-corrected chi connectivity index (χ4v) is 5.50. The van der Waals surface area contributed by atoms with Crippen LogP contribution in [-0.4, -0.2) is 47.7 Å². The number of carbonyl (C=O) groups is 2. The third kappa shape index (κ3) is 7.02. The minimum Gasteiger partial charge on any atom is -0.491 e. The molecular weight excluding hydrogens is 454 g/mol. The van der Waals surface area contributed by atoms with Crippen molar-refractivity contribution in [3.63, 3.8) is 0 Å². The standard InChI is InChI=1S/C29H43N3O4/c1-19(2)36-27-14-9-22(15-20(27)3)28(33)32(24-10-11-24)25-12-13-26(30)23(16-25)17-31-29(34)35-18-21-7-5-4-6-8-21/h4-5,14-15,17,19,21-22,24-26H,6-13,16,18,30H2,1-3H3,(H,31,34)/b23-17-. The molecule has 4 atom stereocenters. The molecule has 0 aromatic heterocycles. The summed E-state index contributed by atoms with van der Waals surface area (Å²) in [4.78, 5) is 28.1. The zero-order valence-electron chi connectivity index (χ0n) is 22.1. The van der Waals surface area contributed by atoms with Crippen LogP contribution in [0.3, 0.4) is 0 Å². The summed E-state index contributed by atoms with van der Waals surface area (Å²) in [5, 5.41) is 2.79. The normalized spacial score (nSPS) is 29.4. The van der Waals surface area contributed by atoms with Crippen molar-refractivity contribution in [3.8, 4) is 0 Å². The lowest BCUT2D eigenvalue weighted by Crippen LogP contribution is -2.48. The van der Waals surface area contributed by atoms with Crippen LogP contribution in [0.1, 0.15) is 78.6 Å². The van der Waals surface area contributed by atoms with Crippen LogP contribution in [-0.2, 0) is 14.3 Å². The van der Waals surface area contributed by atoms with Crippen molar-refractivity contribution in [1.29, 1.82) is 0 Å². The molecule has 3 N–H and O–H groups in total. The zero-order chi connectivity index (χ0) is 25.7. The molecule has 0 aromatic carbocycles. The molecule has 0 radical (unpaired) electrons. The first-order valence-corrected chi connectivity index (χ1v) is 13.7. The lowest BCUT2D eigenvalue weighted by atomic mass is 9.85. The van der Waals surface area contributed by atoms with Gasteiger partial charge in [-0.15, -0.1) is 0 Å². The first-order chi connectivity index (χ1) is 17.3. The number of amides is 2. The topological polar surface area (TPSA) is 93.9 Å². The smallest absolute Gasteiger partial charge is 0.411 e. The second kappa shape index (κ2) is 12.1. The Morgan fingerprint density at radius 3 is 2.58 bits per heavy atom. The summed E-state index contributed by atoms with van der Waals surface area (Å²) in [6.07, 6.45) is 18.1. The monoisotopic (exact) mass is 497 g/mol. The molecule has 2 fully saturated rings. The molecule has 198 valence electrons. The summed E-state index contributed by atoms with van der Waals surface area (Å²) < 4.78 is 11.3. The summed E-state index contributed by atoms with van der Waals surface area (Å²) in [7, 11) is 0. The number of allylic oxidation sites excluding steroid dienone is 4. The lowest BCUT2D eigenvalue weighted by Gasteiger charge is -2.39. The average molecular weight is 498 g/mol. The highest BCUT2D eigenvalue weighted by molar-refractivity contribution is 5.82. The Bertz CT molecular complexity index is 931. The maximum atomic E-state index is 13.7. The van der Waals surface area contributed by atoms with Crippen LogP contribution in [0, 0.1) is 11.8 Å². The van der Waals surface area contributed by atoms with Gasteiger partial charge in [-0.1, -0.05) is 18.2 Å². The fraction of sp³-hybridized carbons (Fsp3) is 0.655. The quantitative estimate of drug-likeness (QED) is 0.455. The largest absolute Gasteiger partial charge is 0.491 e. The molecule has 4 unspecified atom stereocenters. The number of hydrogen-bond donors (Lipinski definition) is 2. The molecule has 0 saturated heterocycles. The first-order valence-electron chi connectivity index (χ1n) is 13.7. The number of hydrogen-bond acceptors (Lipinski definition) is 5. The molecular formula is C29H43N3O4. The van der Waals surface area contributed by atoms with Gasteiger partial charge >= 0.3 is 6.09 Å². The van der Waals surface area contributed by atoms with Gasteiger partial charge in [-0.25, -0.2) is 4.79 Å². The minimum atomic E-state index is -0.435. The lowest BCUT2D eigenvalue weighted by molar-refractivity contribution is -0.137. The van der Waals surface area contributed by atoms with Gasteiger partial charge in [0.2, 0.25) is 5.91 Å². The molecule has 4 rings (SSSR count). The van der Waals surface area contributed by atoms with E-state index in [9.17, 15) is 9.59 Å². The van der Waals surface area contributed by atoms with E-state index in [0.29, 0.717) is 31.4 Å². The van der Waals surface area contributed by atoms with E-state index in [1.165, 1.54) is 0 Å². The van der Waals surface area contributed by atoms with Crippen LogP contribution in [0.15, 0.2) is 47.4 Å². The van der Waals surface area contributed by atoms with Crippen LogP contribution in [0.4, 0.5) is 4.79 Å². The van der Waals surface area contributed by atoms with Gasteiger partial charge in [0.25, 0.3) is 0 Å². The highest BCUT2D eigenvalue weighted by Crippen LogP contribution is 2.37. The van der Waals surface area contributed by atoms with E-state index in [0.717, 1.165) is 61.9 Å². The van der Waals surface area contributed by atoms with Crippen molar-refractivity contribution in [2.75, 3.05) is 6.61 Å². The minimum absolute atomic E-state index is 0.105. The van der Waals surface area contributed by atoms with Crippen molar-refractivity contribution >= 4 is 12.0 Å². The molecule has 0 aromatic rings. The van der Waals surface area contributed by atoms with Crippen molar-refractivity contribution in [1.82, 2.24) is 10.2 Å². The molecule has 0 aliphatic heterocycles. The third-order valence-electron chi connectivity index (χ3n) is 7.63. The van der Waals surface area contributed by atoms with Gasteiger partial charge < -0.3 is 20.1 Å². The van der Waals surface area contributed by atoms with Crippen LogP contribution in [0.2, 0.25) is 0 Å². The highest BCUT2D eigenvalue weighted by atomic mass is 16.5. The van der Waals surface area contributed by atoms with E-state index in [1.807, 2.05) is 20.8 Å². The number of nitrogens with one attached hydrogen (secondary N) is 1. The predicted molar refractivity (Wildman–Crippen MR) is 141 cm³/mol. The van der Waals surface area contributed by atoms with Gasteiger partial charge in [0, 0.05) is 24.3 Å². The zero-order valence-corrected chi connectivity index (χ0v) is 22.1. The fourth-order valence-electron chi connectivity index (χ4n) is 5.50. The Labute approximate surface area is 215 Å². The predicted octanol–water partition coefficient (Wildman–Crippen LogP) is 5.10. The van der Waals surface area contributed by atoms with E-state index >= 15 is 0 Å². The molecule has 0 spiro atoms. The van der Waals surface area contributed by atoms with Crippen LogP contribution in [0.25, 0.3) is 0 Å². The van der Waals surface area contributed by atoms with Crippen molar-refractivity contribution < 1.29 is 19.1 Å². The summed E-state index contributed by atoms with van der Waals surface area (Å²) >= 11 is 0. The van der Waals surface area contributed by atoms with Gasteiger partial charge in [0.15, 0.2) is 0 Å². The summed E-state index contributed by atoms with van der Waals surface area (Å²) in [5.41, 5.74) is 8.41. The Balaban J connectivity index is 1.35. The summed E-state index contributed by atoms with van der Waals surface area (Å²) in [6, 6.07) is 0.303. The number of carbonyl (C=O) groups excluding carboxylic acids is 2. The Morgan fingerprint density at radius 2 is 1.92 bits per heavy atom. The summed E-state index contributed by atoms with van der Waals surface area (Å²) in [5.74, 6) is 1.33. The molecule has 2 saturated carbocycles. The number of ether oxygens (including phenoxy) is 2. The van der Waals surface area contributed by atoms with Gasteiger partial charge in [0.05, 0.1) is 18.6 Å². The molecule has 7 nitrogen and oxygen atoms in total. The van der Waals surface area contributed by atoms with Gasteiger partial charge in [-0.2, -0.15) is 0 Å². The summed E-state index contributed by atoms with van der Waals surface area (Å²) in [6.45, 7) is 6.49. The Kier molecular flexibility index (Phi) is 8.94. The van der Waals surface area contributed by atoms with E-state index < -0.39 is 6.09 Å². The number of alkyl carbamates (subject to hydrolysis) is 1. The molecule has 4 aliphatic carbocycles. The van der Waals surface area contributed by atoms with Crippen molar-refractivity contribution in [2.45, 2.75) is 103 Å². The van der Waals surface area contributed by atoms with Gasteiger partial charge in [0.1, 0.15) is 5.76 Å².